The van der Waals surface area contributed by atoms with Crippen LogP contribution in [0.1, 0.15) is 28.2 Å². The monoisotopic (exact) mass is 478 g/mol. The molecule has 3 aromatic carbocycles. The first-order chi connectivity index (χ1) is 16.3. The van der Waals surface area contributed by atoms with Crippen molar-refractivity contribution >= 4 is 17.6 Å². The van der Waals surface area contributed by atoms with E-state index in [1.807, 2.05) is 13.8 Å². The number of nitriles is 1. The van der Waals surface area contributed by atoms with Gasteiger partial charge in [0.1, 0.15) is 34.7 Å². The van der Waals surface area contributed by atoms with Gasteiger partial charge in [0.2, 0.25) is 5.88 Å². The number of nitrogens with zero attached hydrogens (tertiary/aromatic N) is 1. The molecule has 0 aromatic heterocycles. The number of carbonyl (C=O) groups is 1. The van der Waals surface area contributed by atoms with E-state index in [9.17, 15) is 14.4 Å². The second-order valence-corrected chi connectivity index (χ2v) is 8.19. The number of ether oxygens (including phenoxy) is 3. The smallest absolute Gasteiger partial charge is 0.349 e. The quantitative estimate of drug-likeness (QED) is 0.395. The van der Waals surface area contributed by atoms with Gasteiger partial charge >= 0.3 is 5.97 Å². The van der Waals surface area contributed by atoms with Crippen molar-refractivity contribution in [1.29, 1.82) is 5.26 Å². The molecule has 0 fully saturated rings. The maximum absolute atomic E-state index is 13.9. The molecule has 6 nitrogen and oxygen atoms in total. The Morgan fingerprint density at radius 2 is 1.88 bits per heavy atom. The summed E-state index contributed by atoms with van der Waals surface area (Å²) in [6, 6.07) is 16.2. The van der Waals surface area contributed by atoms with E-state index < -0.39 is 17.7 Å². The van der Waals surface area contributed by atoms with Crippen LogP contribution in [0.5, 0.6) is 17.2 Å². The van der Waals surface area contributed by atoms with Gasteiger partial charge in [0.05, 0.1) is 5.92 Å². The fraction of sp³-hybridized carbons (Fsp3) is 0.154. The number of carbonyl (C=O) groups excluding carboxylic acids is 1. The molecule has 2 N–H and O–H groups in total. The van der Waals surface area contributed by atoms with Gasteiger partial charge in [-0.3, -0.25) is 0 Å². The van der Waals surface area contributed by atoms with E-state index in [-0.39, 0.29) is 23.8 Å². The number of hydrogen-bond acceptors (Lipinski definition) is 6. The van der Waals surface area contributed by atoms with E-state index >= 15 is 0 Å². The van der Waals surface area contributed by atoms with Crippen molar-refractivity contribution in [3.63, 3.8) is 0 Å². The molecule has 1 aliphatic rings. The Morgan fingerprint density at radius 1 is 1.15 bits per heavy atom. The molecule has 4 rings (SSSR count). The minimum atomic E-state index is -0.621. The molecule has 0 radical (unpaired) electrons. The summed E-state index contributed by atoms with van der Waals surface area (Å²) in [6.07, 6.45) is 0. The first-order valence-corrected chi connectivity index (χ1v) is 10.7. The van der Waals surface area contributed by atoms with Crippen LogP contribution in [0.2, 0.25) is 5.02 Å². The summed E-state index contributed by atoms with van der Waals surface area (Å²) in [5.74, 6) is -0.742. The predicted octanol–water partition coefficient (Wildman–Crippen LogP) is 5.30. The van der Waals surface area contributed by atoms with Gasteiger partial charge in [-0.25, -0.2) is 9.18 Å². The number of rotatable bonds is 5. The third-order valence-electron chi connectivity index (χ3n) is 5.37. The first-order valence-electron chi connectivity index (χ1n) is 10.3. The molecule has 34 heavy (non-hydrogen) atoms. The molecule has 1 atom stereocenters. The molecule has 8 heteroatoms. The Labute approximate surface area is 200 Å². The van der Waals surface area contributed by atoms with Crippen LogP contribution < -0.4 is 19.9 Å². The van der Waals surface area contributed by atoms with E-state index in [0.29, 0.717) is 27.6 Å². The molecule has 1 unspecified atom stereocenters. The maximum atomic E-state index is 13.9. The molecule has 0 saturated heterocycles. The first kappa shape index (κ1) is 23.1. The van der Waals surface area contributed by atoms with E-state index in [1.165, 1.54) is 18.2 Å². The molecule has 0 spiro atoms. The zero-order valence-corrected chi connectivity index (χ0v) is 19.2. The maximum Gasteiger partial charge on any atom is 0.349 e. The van der Waals surface area contributed by atoms with Gasteiger partial charge in [0.15, 0.2) is 6.61 Å². The van der Waals surface area contributed by atoms with Crippen LogP contribution in [0.4, 0.5) is 4.39 Å². The Kier molecular flexibility index (Phi) is 6.44. The molecule has 0 bridgehead atoms. The van der Waals surface area contributed by atoms with Crippen molar-refractivity contribution in [1.82, 2.24) is 0 Å². The van der Waals surface area contributed by atoms with Crippen LogP contribution in [0.25, 0.3) is 0 Å². The molecule has 3 aromatic rings. The van der Waals surface area contributed by atoms with E-state index in [4.69, 9.17) is 31.5 Å². The summed E-state index contributed by atoms with van der Waals surface area (Å²) < 4.78 is 30.4. The van der Waals surface area contributed by atoms with E-state index in [1.54, 1.807) is 36.4 Å². The average Bonchev–Trinajstić information content (AvgIpc) is 2.80. The molecular weight excluding hydrogens is 459 g/mol. The highest BCUT2D eigenvalue weighted by Gasteiger charge is 2.31. The molecule has 172 valence electrons. The van der Waals surface area contributed by atoms with Crippen molar-refractivity contribution < 1.29 is 23.4 Å². The third-order valence-corrected chi connectivity index (χ3v) is 5.97. The second kappa shape index (κ2) is 9.46. The SMILES string of the molecule is Cc1cc(OCC(=O)Oc2ccc3c(c2)OC(N)=C(C#N)C3c2cccc(F)c2)cc(C)c1Cl. The number of allylic oxidation sites excluding steroid dienone is 1. The minimum Gasteiger partial charge on any atom is -0.482 e. The topological polar surface area (TPSA) is 94.6 Å². The lowest BCUT2D eigenvalue weighted by Gasteiger charge is -2.26. The molecule has 0 saturated carbocycles. The van der Waals surface area contributed by atoms with Gasteiger partial charge in [-0.2, -0.15) is 5.26 Å². The normalized spacial score (nSPS) is 14.6. The second-order valence-electron chi connectivity index (χ2n) is 7.81. The van der Waals surface area contributed by atoms with Gasteiger partial charge < -0.3 is 19.9 Å². The van der Waals surface area contributed by atoms with Gasteiger partial charge in [-0.05, 0) is 60.9 Å². The summed E-state index contributed by atoms with van der Waals surface area (Å²) in [5, 5.41) is 10.3. The lowest BCUT2D eigenvalue weighted by Crippen LogP contribution is -2.22. The van der Waals surface area contributed by atoms with Gasteiger partial charge in [-0.1, -0.05) is 29.8 Å². The third kappa shape index (κ3) is 4.68. The van der Waals surface area contributed by atoms with Crippen LogP contribution in [-0.4, -0.2) is 12.6 Å². The van der Waals surface area contributed by atoms with Crippen molar-refractivity contribution in [2.75, 3.05) is 6.61 Å². The number of hydrogen-bond donors (Lipinski definition) is 1. The molecular formula is C26H20ClFN2O4. The molecule has 1 aliphatic heterocycles. The molecule has 1 heterocycles. The summed E-state index contributed by atoms with van der Waals surface area (Å²) in [7, 11) is 0. The van der Waals surface area contributed by atoms with Gasteiger partial charge in [0.25, 0.3) is 0 Å². The van der Waals surface area contributed by atoms with Crippen LogP contribution in [0.3, 0.4) is 0 Å². The zero-order chi connectivity index (χ0) is 24.4. The largest absolute Gasteiger partial charge is 0.482 e. The molecule has 0 amide bonds. The standard InChI is InChI=1S/C26H20ClFN2O4/c1-14-8-19(9-15(2)25(14)27)32-13-23(31)33-18-6-7-20-22(11-18)34-26(30)21(12-29)24(20)16-4-3-5-17(28)10-16/h3-11,24H,13,30H2,1-2H3. The summed E-state index contributed by atoms with van der Waals surface area (Å²) >= 11 is 6.16. The summed E-state index contributed by atoms with van der Waals surface area (Å²) in [5.41, 5.74) is 8.97. The Morgan fingerprint density at radius 3 is 2.56 bits per heavy atom. The Balaban J connectivity index is 1.53. The van der Waals surface area contributed by atoms with Gasteiger partial charge in [0, 0.05) is 16.7 Å². The number of fused-ring (bicyclic) bond motifs is 1. The zero-order valence-electron chi connectivity index (χ0n) is 18.4. The van der Waals surface area contributed by atoms with Gasteiger partial charge in [-0.15, -0.1) is 0 Å². The Bertz CT molecular complexity index is 1340. The van der Waals surface area contributed by atoms with Crippen molar-refractivity contribution in [3.05, 3.63) is 99.1 Å². The Hall–Kier alpha value is -4.02. The fourth-order valence-electron chi connectivity index (χ4n) is 3.82. The van der Waals surface area contributed by atoms with Crippen LogP contribution in [0, 0.1) is 31.0 Å². The highest BCUT2D eigenvalue weighted by Crippen LogP contribution is 2.43. The number of aryl methyl sites for hydroxylation is 2. The predicted molar refractivity (Wildman–Crippen MR) is 124 cm³/mol. The number of halogens is 2. The van der Waals surface area contributed by atoms with Crippen LogP contribution in [0.15, 0.2) is 66.1 Å². The summed E-state index contributed by atoms with van der Waals surface area (Å²) in [4.78, 5) is 12.3. The summed E-state index contributed by atoms with van der Waals surface area (Å²) in [6.45, 7) is 3.39. The lowest BCUT2D eigenvalue weighted by atomic mass is 9.83. The van der Waals surface area contributed by atoms with Crippen molar-refractivity contribution in [3.8, 4) is 23.3 Å². The van der Waals surface area contributed by atoms with Crippen molar-refractivity contribution in [2.24, 2.45) is 5.73 Å². The average molecular weight is 479 g/mol. The fourth-order valence-corrected chi connectivity index (χ4v) is 3.93. The minimum absolute atomic E-state index is 0.0930. The van der Waals surface area contributed by atoms with E-state index in [2.05, 4.69) is 6.07 Å². The highest BCUT2D eigenvalue weighted by atomic mass is 35.5. The highest BCUT2D eigenvalue weighted by molar-refractivity contribution is 6.32. The number of nitrogens with two attached hydrogens (primary N) is 1. The van der Waals surface area contributed by atoms with Crippen molar-refractivity contribution in [2.45, 2.75) is 19.8 Å². The molecule has 0 aliphatic carbocycles. The van der Waals surface area contributed by atoms with E-state index in [0.717, 1.165) is 11.1 Å². The number of benzene rings is 3. The van der Waals surface area contributed by atoms with Crippen LogP contribution in [-0.2, 0) is 4.79 Å². The number of esters is 1. The van der Waals surface area contributed by atoms with Crippen LogP contribution >= 0.6 is 11.6 Å². The lowest BCUT2D eigenvalue weighted by molar-refractivity contribution is -0.136.